The van der Waals surface area contributed by atoms with E-state index in [0.717, 1.165) is 17.8 Å². The van der Waals surface area contributed by atoms with Gasteiger partial charge in [-0.05, 0) is 6.07 Å². The quantitative estimate of drug-likeness (QED) is 0.336. The van der Waals surface area contributed by atoms with Gasteiger partial charge in [0, 0.05) is 19.2 Å². The molecule has 1 fully saturated rings. The van der Waals surface area contributed by atoms with E-state index in [1.165, 1.54) is 16.7 Å². The van der Waals surface area contributed by atoms with Gasteiger partial charge in [-0.3, -0.25) is 20.2 Å². The maximum absolute atomic E-state index is 11.3. The Labute approximate surface area is 161 Å². The van der Waals surface area contributed by atoms with Crippen LogP contribution in [0.25, 0.3) is 0 Å². The van der Waals surface area contributed by atoms with Gasteiger partial charge in [-0.15, -0.1) is 10.2 Å². The molecule has 0 bridgehead atoms. The zero-order valence-corrected chi connectivity index (χ0v) is 15.3. The minimum Gasteiger partial charge on any atom is -0.378 e. The Kier molecular flexibility index (Phi) is 5.48. The Hall–Kier alpha value is -2.84. The van der Waals surface area contributed by atoms with Crippen LogP contribution in [0.3, 0.4) is 0 Å². The second-order valence-electron chi connectivity index (χ2n) is 5.33. The first-order valence-corrected chi connectivity index (χ1v) is 8.79. The summed E-state index contributed by atoms with van der Waals surface area (Å²) in [6.45, 7) is 2.17. The van der Waals surface area contributed by atoms with Crippen LogP contribution >= 0.6 is 24.0 Å². The number of nitrogens with two attached hydrogens (primary N) is 1. The van der Waals surface area contributed by atoms with Gasteiger partial charge in [0.2, 0.25) is 11.9 Å². The number of nitro groups is 2. The zero-order valence-electron chi connectivity index (χ0n) is 13.7. The maximum Gasteiger partial charge on any atom is 0.290 e. The van der Waals surface area contributed by atoms with E-state index in [0.29, 0.717) is 32.3 Å². The second-order valence-corrected chi connectivity index (χ2v) is 7.00. The van der Waals surface area contributed by atoms with Gasteiger partial charge in [-0.25, -0.2) is 4.57 Å². The van der Waals surface area contributed by atoms with E-state index in [2.05, 4.69) is 10.2 Å². The summed E-state index contributed by atoms with van der Waals surface area (Å²) >= 11 is 6.26. The van der Waals surface area contributed by atoms with Gasteiger partial charge in [0.15, 0.2) is 4.32 Å². The molecule has 0 aliphatic carbocycles. The summed E-state index contributed by atoms with van der Waals surface area (Å²) in [4.78, 5) is 22.8. The number of non-ortho nitro benzene ring substituents is 1. The number of hydrogen-bond donors (Lipinski definition) is 1. The molecule has 0 amide bonds. The molecule has 1 aliphatic heterocycles. The second kappa shape index (κ2) is 7.81. The molecule has 1 aliphatic rings. The van der Waals surface area contributed by atoms with Crippen LogP contribution in [0.4, 0.5) is 23.3 Å². The Balaban J connectivity index is 1.91. The fourth-order valence-corrected chi connectivity index (χ4v) is 3.69. The number of morpholine rings is 1. The Morgan fingerprint density at radius 1 is 1.22 bits per heavy atom. The largest absolute Gasteiger partial charge is 0.378 e. The van der Waals surface area contributed by atoms with Crippen molar-refractivity contribution in [3.63, 3.8) is 0 Å². The van der Waals surface area contributed by atoms with E-state index in [1.807, 2.05) is 4.90 Å². The van der Waals surface area contributed by atoms with E-state index in [1.54, 1.807) is 0 Å². The van der Waals surface area contributed by atoms with Crippen molar-refractivity contribution in [2.75, 3.05) is 36.9 Å². The Bertz CT molecular complexity index is 912. The van der Waals surface area contributed by atoms with E-state index >= 15 is 0 Å². The Morgan fingerprint density at radius 3 is 2.56 bits per heavy atom. The van der Waals surface area contributed by atoms with Crippen LogP contribution < -0.4 is 10.6 Å². The molecule has 2 heterocycles. The molecule has 0 unspecified atom stereocenters. The first kappa shape index (κ1) is 18.9. The molecule has 142 valence electrons. The number of nitrogen functional groups attached to an aromatic ring is 1. The number of nitro benzene ring substituents is 2. The molecular formula is C13H13N7O5S2. The lowest BCUT2D eigenvalue weighted by atomic mass is 10.3. The summed E-state index contributed by atoms with van der Waals surface area (Å²) in [6.07, 6.45) is 0. The summed E-state index contributed by atoms with van der Waals surface area (Å²) in [5.41, 5.74) is 5.07. The summed E-state index contributed by atoms with van der Waals surface area (Å²) in [5.74, 6) is 0.455. The monoisotopic (exact) mass is 411 g/mol. The van der Waals surface area contributed by atoms with Crippen molar-refractivity contribution in [3.8, 4) is 0 Å². The number of thioether (sulfide) groups is 1. The van der Waals surface area contributed by atoms with Crippen LogP contribution in [-0.2, 0) is 4.74 Å². The van der Waals surface area contributed by atoms with Crippen LogP contribution in [0.15, 0.2) is 23.1 Å². The summed E-state index contributed by atoms with van der Waals surface area (Å²) in [7, 11) is 0. The van der Waals surface area contributed by atoms with E-state index in [-0.39, 0.29) is 20.9 Å². The standard InChI is InChI=1S/C13H13N7O5S2/c14-11-15-16-12(17-3-5-25-6-4-17)18(11)13(26)27-10-2-1-8(19(21)22)7-9(10)20(23)24/h1-2,7H,3-6H2,(H2,14,15). The highest BCUT2D eigenvalue weighted by Gasteiger charge is 2.25. The summed E-state index contributed by atoms with van der Waals surface area (Å²) in [6, 6.07) is 3.35. The molecule has 1 saturated heterocycles. The lowest BCUT2D eigenvalue weighted by Gasteiger charge is -2.27. The van der Waals surface area contributed by atoms with Gasteiger partial charge >= 0.3 is 0 Å². The number of nitrogens with zero attached hydrogens (tertiary/aromatic N) is 6. The minimum atomic E-state index is -0.700. The van der Waals surface area contributed by atoms with E-state index in [9.17, 15) is 20.2 Å². The highest BCUT2D eigenvalue weighted by atomic mass is 32.2. The third-order valence-electron chi connectivity index (χ3n) is 3.69. The molecule has 0 atom stereocenters. The molecule has 27 heavy (non-hydrogen) atoms. The van der Waals surface area contributed by atoms with Gasteiger partial charge in [0.05, 0.1) is 34.0 Å². The highest BCUT2D eigenvalue weighted by Crippen LogP contribution is 2.35. The number of benzene rings is 1. The molecule has 0 spiro atoms. The van der Waals surface area contributed by atoms with Crippen LogP contribution in [0.5, 0.6) is 0 Å². The molecule has 0 saturated carbocycles. The van der Waals surface area contributed by atoms with E-state index < -0.39 is 15.5 Å². The fourth-order valence-electron chi connectivity index (χ4n) is 2.42. The molecule has 0 radical (unpaired) electrons. The van der Waals surface area contributed by atoms with Crippen molar-refractivity contribution in [1.82, 2.24) is 14.8 Å². The van der Waals surface area contributed by atoms with Crippen LogP contribution in [0.1, 0.15) is 0 Å². The lowest BCUT2D eigenvalue weighted by molar-refractivity contribution is -0.396. The predicted molar refractivity (Wildman–Crippen MR) is 101 cm³/mol. The number of aromatic nitrogens is 3. The number of thiocarbonyl (C=S) groups is 1. The molecule has 2 aromatic rings. The summed E-state index contributed by atoms with van der Waals surface area (Å²) < 4.78 is 6.87. The smallest absolute Gasteiger partial charge is 0.290 e. The van der Waals surface area contributed by atoms with Gasteiger partial charge in [-0.2, -0.15) is 0 Å². The highest BCUT2D eigenvalue weighted by molar-refractivity contribution is 8.23. The molecule has 12 nitrogen and oxygen atoms in total. The topological polar surface area (TPSA) is 155 Å². The number of ether oxygens (including phenoxy) is 1. The molecule has 3 rings (SSSR count). The fraction of sp³-hybridized carbons (Fsp3) is 0.308. The first-order chi connectivity index (χ1) is 12.9. The number of rotatable bonds is 4. The minimum absolute atomic E-state index is 0.0403. The van der Waals surface area contributed by atoms with Crippen molar-refractivity contribution in [3.05, 3.63) is 38.4 Å². The molecule has 1 aromatic carbocycles. The Morgan fingerprint density at radius 2 is 1.93 bits per heavy atom. The molecule has 1 aromatic heterocycles. The molecular weight excluding hydrogens is 398 g/mol. The lowest BCUT2D eigenvalue weighted by Crippen LogP contribution is -2.38. The number of hydrogen-bond acceptors (Lipinski definition) is 11. The van der Waals surface area contributed by atoms with Crippen LogP contribution in [0.2, 0.25) is 0 Å². The van der Waals surface area contributed by atoms with Crippen molar-refractivity contribution in [2.24, 2.45) is 0 Å². The van der Waals surface area contributed by atoms with Gasteiger partial charge in [-0.1, -0.05) is 24.0 Å². The van der Waals surface area contributed by atoms with Crippen LogP contribution in [0, 0.1) is 20.2 Å². The van der Waals surface area contributed by atoms with Crippen LogP contribution in [-0.4, -0.2) is 55.2 Å². The van der Waals surface area contributed by atoms with Gasteiger partial charge < -0.3 is 15.4 Å². The first-order valence-electron chi connectivity index (χ1n) is 7.57. The van der Waals surface area contributed by atoms with Gasteiger partial charge in [0.25, 0.3) is 11.4 Å². The zero-order chi connectivity index (χ0) is 19.6. The van der Waals surface area contributed by atoms with Gasteiger partial charge in [0.1, 0.15) is 0 Å². The maximum atomic E-state index is 11.3. The number of anilines is 2. The SMILES string of the molecule is Nc1nnc(N2CCOCC2)n1C(=S)Sc1ccc([N+](=O)[O-])cc1[N+](=O)[O-]. The van der Waals surface area contributed by atoms with Crippen molar-refractivity contribution >= 4 is 51.6 Å². The molecule has 2 N–H and O–H groups in total. The third-order valence-corrected chi connectivity index (χ3v) is 5.05. The van der Waals surface area contributed by atoms with E-state index in [4.69, 9.17) is 22.7 Å². The molecule has 14 heteroatoms. The third kappa shape index (κ3) is 3.96. The predicted octanol–water partition coefficient (Wildman–Crippen LogP) is 1.44. The van der Waals surface area contributed by atoms with Crippen molar-refractivity contribution < 1.29 is 14.6 Å². The average Bonchev–Trinajstić information content (AvgIpc) is 3.04. The van der Waals surface area contributed by atoms with Crippen molar-refractivity contribution in [2.45, 2.75) is 4.90 Å². The normalized spacial score (nSPS) is 14.1. The average molecular weight is 411 g/mol. The van der Waals surface area contributed by atoms with Crippen molar-refractivity contribution in [1.29, 1.82) is 0 Å². The summed E-state index contributed by atoms with van der Waals surface area (Å²) in [5, 5.41) is 30.0.